The van der Waals surface area contributed by atoms with Gasteiger partial charge < -0.3 is 10.2 Å². The highest BCUT2D eigenvalue weighted by atomic mass is 79.9. The van der Waals surface area contributed by atoms with Crippen LogP contribution in [-0.4, -0.2) is 51.0 Å². The molecule has 2 aromatic carbocycles. The molecule has 0 saturated carbocycles. The molecule has 0 aromatic heterocycles. The molecular formula is C24H32BrN3O4S. The molecule has 0 fully saturated rings. The van der Waals surface area contributed by atoms with Crippen LogP contribution in [0.1, 0.15) is 37.8 Å². The molecule has 2 aromatic rings. The minimum absolute atomic E-state index is 0.122. The van der Waals surface area contributed by atoms with Crippen molar-refractivity contribution in [1.82, 2.24) is 10.2 Å². The number of benzene rings is 2. The van der Waals surface area contributed by atoms with Crippen molar-refractivity contribution < 1.29 is 18.0 Å². The summed E-state index contributed by atoms with van der Waals surface area (Å²) in [5.74, 6) is -0.460. The molecule has 0 unspecified atom stereocenters. The zero-order valence-electron chi connectivity index (χ0n) is 19.5. The number of carbonyl (C=O) groups excluding carboxylic acids is 2. The van der Waals surface area contributed by atoms with Crippen LogP contribution in [0.5, 0.6) is 0 Å². The molecule has 1 atom stereocenters. The smallest absolute Gasteiger partial charge is 0.242 e. The average molecular weight is 539 g/mol. The van der Waals surface area contributed by atoms with Crippen molar-refractivity contribution in [2.75, 3.05) is 24.2 Å². The Kier molecular flexibility index (Phi) is 9.91. The number of hydrogen-bond acceptors (Lipinski definition) is 4. The van der Waals surface area contributed by atoms with E-state index in [4.69, 9.17) is 0 Å². The van der Waals surface area contributed by atoms with Crippen molar-refractivity contribution in [1.29, 1.82) is 0 Å². The summed E-state index contributed by atoms with van der Waals surface area (Å²) < 4.78 is 27.0. The van der Waals surface area contributed by atoms with Crippen LogP contribution in [0.3, 0.4) is 0 Å². The normalized spacial score (nSPS) is 12.2. The van der Waals surface area contributed by atoms with E-state index in [-0.39, 0.29) is 31.3 Å². The van der Waals surface area contributed by atoms with Gasteiger partial charge in [0, 0.05) is 31.0 Å². The van der Waals surface area contributed by atoms with Gasteiger partial charge in [-0.05, 0) is 55.2 Å². The Labute approximate surface area is 205 Å². The molecule has 2 rings (SSSR count). The Balaban J connectivity index is 2.12. The summed E-state index contributed by atoms with van der Waals surface area (Å²) in [4.78, 5) is 26.9. The lowest BCUT2D eigenvalue weighted by atomic mass is 10.1. The summed E-state index contributed by atoms with van der Waals surface area (Å²) in [5.41, 5.74) is 2.60. The van der Waals surface area contributed by atoms with Crippen LogP contribution >= 0.6 is 15.9 Å². The van der Waals surface area contributed by atoms with Gasteiger partial charge in [0.15, 0.2) is 0 Å². The molecule has 2 amide bonds. The largest absolute Gasteiger partial charge is 0.357 e. The van der Waals surface area contributed by atoms with E-state index in [2.05, 4.69) is 21.2 Å². The van der Waals surface area contributed by atoms with Crippen molar-refractivity contribution in [2.45, 2.75) is 45.7 Å². The Morgan fingerprint density at radius 1 is 1.03 bits per heavy atom. The molecular weight excluding hydrogens is 506 g/mol. The van der Waals surface area contributed by atoms with Crippen molar-refractivity contribution in [3.63, 3.8) is 0 Å². The van der Waals surface area contributed by atoms with E-state index in [0.29, 0.717) is 12.1 Å². The lowest BCUT2D eigenvalue weighted by Crippen LogP contribution is -2.46. The molecule has 180 valence electrons. The summed E-state index contributed by atoms with van der Waals surface area (Å²) in [6, 6.07) is 14.3. The third-order valence-electron chi connectivity index (χ3n) is 5.46. The molecule has 0 spiro atoms. The van der Waals surface area contributed by atoms with E-state index in [1.54, 1.807) is 19.1 Å². The molecule has 0 radical (unpaired) electrons. The number of carbonyl (C=O) groups is 2. The third-order valence-corrected chi connectivity index (χ3v) is 7.19. The second kappa shape index (κ2) is 12.2. The fraction of sp³-hybridized carbons (Fsp3) is 0.417. The van der Waals surface area contributed by atoms with Crippen LogP contribution in [0.15, 0.2) is 53.0 Å². The molecule has 0 aliphatic carbocycles. The Hall–Kier alpha value is -2.39. The van der Waals surface area contributed by atoms with Gasteiger partial charge in [0.25, 0.3) is 0 Å². The lowest BCUT2D eigenvalue weighted by Gasteiger charge is -2.29. The average Bonchev–Trinajstić information content (AvgIpc) is 2.79. The van der Waals surface area contributed by atoms with Gasteiger partial charge >= 0.3 is 0 Å². The number of anilines is 1. The standard InChI is InChI=1S/C24H32BrN3O4S/c1-5-19-10-14-22(15-11-19)28(33(4,31)32)16-6-7-23(29)27(18(2)24(30)26-3)17-20-8-12-21(25)13-9-20/h8-15,18H,5-7,16-17H2,1-4H3,(H,26,30)/t18-/m1/s1. The van der Waals surface area contributed by atoms with Crippen molar-refractivity contribution in [2.24, 2.45) is 0 Å². The fourth-order valence-corrected chi connectivity index (χ4v) is 4.71. The molecule has 0 saturated heterocycles. The van der Waals surface area contributed by atoms with E-state index in [0.717, 1.165) is 28.3 Å². The Morgan fingerprint density at radius 3 is 2.12 bits per heavy atom. The van der Waals surface area contributed by atoms with Crippen molar-refractivity contribution in [3.05, 3.63) is 64.1 Å². The minimum atomic E-state index is -3.50. The molecule has 0 aliphatic heterocycles. The van der Waals surface area contributed by atoms with E-state index in [1.807, 2.05) is 43.3 Å². The second-order valence-electron chi connectivity index (χ2n) is 7.90. The predicted molar refractivity (Wildman–Crippen MR) is 135 cm³/mol. The first-order valence-corrected chi connectivity index (χ1v) is 13.5. The molecule has 1 N–H and O–H groups in total. The SMILES string of the molecule is CCc1ccc(N(CCCC(=O)N(Cc2ccc(Br)cc2)[C@H](C)C(=O)NC)S(C)(=O)=O)cc1. The third kappa shape index (κ3) is 7.85. The first kappa shape index (κ1) is 26.9. The molecule has 9 heteroatoms. The quantitative estimate of drug-likeness (QED) is 0.473. The maximum atomic E-state index is 13.1. The first-order valence-electron chi connectivity index (χ1n) is 10.9. The zero-order valence-corrected chi connectivity index (χ0v) is 21.9. The van der Waals surface area contributed by atoms with Gasteiger partial charge in [-0.15, -0.1) is 0 Å². The highest BCUT2D eigenvalue weighted by molar-refractivity contribution is 9.10. The molecule has 7 nitrogen and oxygen atoms in total. The Morgan fingerprint density at radius 2 is 1.61 bits per heavy atom. The van der Waals surface area contributed by atoms with Crippen molar-refractivity contribution >= 4 is 43.5 Å². The monoisotopic (exact) mass is 537 g/mol. The summed E-state index contributed by atoms with van der Waals surface area (Å²) in [7, 11) is -1.97. The number of rotatable bonds is 11. The number of halogens is 1. The maximum absolute atomic E-state index is 13.1. The second-order valence-corrected chi connectivity index (χ2v) is 10.7. The van der Waals surface area contributed by atoms with Gasteiger partial charge in [-0.3, -0.25) is 13.9 Å². The van der Waals surface area contributed by atoms with Gasteiger partial charge in [0.05, 0.1) is 11.9 Å². The Bertz CT molecular complexity index is 1040. The predicted octanol–water partition coefficient (Wildman–Crippen LogP) is 3.72. The highest BCUT2D eigenvalue weighted by Crippen LogP contribution is 2.20. The van der Waals surface area contributed by atoms with Crippen LogP contribution in [0.25, 0.3) is 0 Å². The molecule has 0 aliphatic rings. The van der Waals surface area contributed by atoms with E-state index in [1.165, 1.54) is 16.3 Å². The van der Waals surface area contributed by atoms with Crippen LogP contribution < -0.4 is 9.62 Å². The van der Waals surface area contributed by atoms with Gasteiger partial charge in [-0.25, -0.2) is 8.42 Å². The number of hydrogen-bond donors (Lipinski definition) is 1. The number of aryl methyl sites for hydroxylation is 1. The topological polar surface area (TPSA) is 86.8 Å². The van der Waals surface area contributed by atoms with Gasteiger partial charge in [-0.2, -0.15) is 0 Å². The zero-order chi connectivity index (χ0) is 24.6. The van der Waals surface area contributed by atoms with Crippen LogP contribution in [0.2, 0.25) is 0 Å². The highest BCUT2D eigenvalue weighted by Gasteiger charge is 2.26. The van der Waals surface area contributed by atoms with E-state index in [9.17, 15) is 18.0 Å². The maximum Gasteiger partial charge on any atom is 0.242 e. The van der Waals surface area contributed by atoms with Crippen LogP contribution in [-0.2, 0) is 32.6 Å². The van der Waals surface area contributed by atoms with Gasteiger partial charge in [0.1, 0.15) is 6.04 Å². The minimum Gasteiger partial charge on any atom is -0.357 e. The van der Waals surface area contributed by atoms with E-state index < -0.39 is 16.1 Å². The summed E-state index contributed by atoms with van der Waals surface area (Å²) in [5, 5.41) is 2.59. The molecule has 0 heterocycles. The summed E-state index contributed by atoms with van der Waals surface area (Å²) in [6.07, 6.45) is 2.48. The fourth-order valence-electron chi connectivity index (χ4n) is 3.48. The molecule has 33 heavy (non-hydrogen) atoms. The summed E-state index contributed by atoms with van der Waals surface area (Å²) >= 11 is 3.40. The van der Waals surface area contributed by atoms with Crippen molar-refractivity contribution in [3.8, 4) is 0 Å². The van der Waals surface area contributed by atoms with E-state index >= 15 is 0 Å². The summed E-state index contributed by atoms with van der Waals surface area (Å²) in [6.45, 7) is 4.19. The molecule has 0 bridgehead atoms. The number of amides is 2. The lowest BCUT2D eigenvalue weighted by molar-refractivity contribution is -0.140. The number of likely N-dealkylation sites (N-methyl/N-ethyl adjacent to an activating group) is 1. The van der Waals surface area contributed by atoms with Gasteiger partial charge in [0.2, 0.25) is 21.8 Å². The van der Waals surface area contributed by atoms with Crippen LogP contribution in [0.4, 0.5) is 5.69 Å². The number of nitrogens with one attached hydrogen (secondary N) is 1. The number of nitrogens with zero attached hydrogens (tertiary/aromatic N) is 2. The van der Waals surface area contributed by atoms with Crippen LogP contribution in [0, 0.1) is 0 Å². The number of sulfonamides is 1. The first-order chi connectivity index (χ1) is 15.6. The van der Waals surface area contributed by atoms with Gasteiger partial charge in [-0.1, -0.05) is 47.1 Å².